The molecule has 0 aromatic carbocycles. The third-order valence-electron chi connectivity index (χ3n) is 2.35. The highest BCUT2D eigenvalue weighted by Crippen LogP contribution is 1.96. The maximum absolute atomic E-state index is 11.5. The van der Waals surface area contributed by atoms with Crippen LogP contribution in [0.5, 0.6) is 0 Å². The van der Waals surface area contributed by atoms with Crippen molar-refractivity contribution in [3.8, 4) is 0 Å². The second-order valence-electron chi connectivity index (χ2n) is 4.18. The van der Waals surface area contributed by atoms with Crippen molar-refractivity contribution in [2.45, 2.75) is 52.1 Å². The number of amides is 1. The lowest BCUT2D eigenvalue weighted by atomic mass is 10.2. The number of carbonyl (C=O) groups excluding carboxylic acids is 1. The average Bonchev–Trinajstić information content (AvgIpc) is 2.16. The minimum Gasteiger partial charge on any atom is -0.353 e. The Morgan fingerprint density at radius 1 is 1.44 bits per heavy atom. The topological polar surface area (TPSA) is 72.2 Å². The van der Waals surface area contributed by atoms with Gasteiger partial charge < -0.3 is 11.1 Å². The van der Waals surface area contributed by atoms with Crippen LogP contribution >= 0.6 is 0 Å². The number of hydrogen-bond donors (Lipinski definition) is 2. The first kappa shape index (κ1) is 15.6. The molecule has 0 rings (SSSR count). The third kappa shape index (κ3) is 7.82. The molecule has 3 atom stereocenters. The smallest absolute Gasteiger partial charge is 0.232 e. The summed E-state index contributed by atoms with van der Waals surface area (Å²) in [5.41, 5.74) is 5.67. The molecule has 0 bridgehead atoms. The molecule has 5 heteroatoms. The van der Waals surface area contributed by atoms with E-state index in [0.717, 1.165) is 19.3 Å². The lowest BCUT2D eigenvalue weighted by Crippen LogP contribution is -2.37. The Hall–Kier alpha value is -0.420. The van der Waals surface area contributed by atoms with Gasteiger partial charge in [-0.15, -0.1) is 0 Å². The Morgan fingerprint density at radius 2 is 2.06 bits per heavy atom. The molecule has 0 saturated heterocycles. The summed E-state index contributed by atoms with van der Waals surface area (Å²) in [7, 11) is -1.14. The zero-order valence-corrected chi connectivity index (χ0v) is 11.3. The van der Waals surface area contributed by atoms with E-state index in [1.165, 1.54) is 0 Å². The molecular formula is C11H24N2O2S. The van der Waals surface area contributed by atoms with E-state index >= 15 is 0 Å². The van der Waals surface area contributed by atoms with E-state index in [0.29, 0.717) is 5.75 Å². The first-order valence-electron chi connectivity index (χ1n) is 5.89. The lowest BCUT2D eigenvalue weighted by Gasteiger charge is -2.13. The third-order valence-corrected chi connectivity index (χ3v) is 3.73. The molecule has 0 saturated carbocycles. The van der Waals surface area contributed by atoms with Gasteiger partial charge in [-0.1, -0.05) is 20.3 Å². The summed E-state index contributed by atoms with van der Waals surface area (Å²) in [6.07, 6.45) is 2.78. The van der Waals surface area contributed by atoms with Crippen LogP contribution in [0, 0.1) is 0 Å². The maximum Gasteiger partial charge on any atom is 0.232 e. The van der Waals surface area contributed by atoms with Crippen molar-refractivity contribution < 1.29 is 9.00 Å². The molecule has 0 spiro atoms. The van der Waals surface area contributed by atoms with Crippen LogP contribution in [0.1, 0.15) is 40.0 Å². The number of carbonyl (C=O) groups is 1. The summed E-state index contributed by atoms with van der Waals surface area (Å²) in [4.78, 5) is 11.5. The van der Waals surface area contributed by atoms with E-state index in [9.17, 15) is 9.00 Å². The SMILES string of the molecule is CCCC(C)NC(=O)CS(=O)CC(N)CC. The monoisotopic (exact) mass is 248 g/mol. The van der Waals surface area contributed by atoms with Gasteiger partial charge in [0, 0.05) is 28.6 Å². The van der Waals surface area contributed by atoms with Gasteiger partial charge in [0.1, 0.15) is 5.75 Å². The van der Waals surface area contributed by atoms with Crippen molar-refractivity contribution in [1.82, 2.24) is 5.32 Å². The lowest BCUT2D eigenvalue weighted by molar-refractivity contribution is -0.119. The van der Waals surface area contributed by atoms with E-state index in [4.69, 9.17) is 5.73 Å². The molecule has 0 fully saturated rings. The van der Waals surface area contributed by atoms with Gasteiger partial charge in [0.25, 0.3) is 0 Å². The minimum atomic E-state index is -1.14. The number of nitrogens with one attached hydrogen (secondary N) is 1. The van der Waals surface area contributed by atoms with Gasteiger partial charge in [-0.05, 0) is 19.8 Å². The van der Waals surface area contributed by atoms with Crippen LogP contribution in [0.4, 0.5) is 0 Å². The number of hydrogen-bond acceptors (Lipinski definition) is 3. The fourth-order valence-corrected chi connectivity index (χ4v) is 2.59. The fraction of sp³-hybridized carbons (Fsp3) is 0.909. The summed E-state index contributed by atoms with van der Waals surface area (Å²) < 4.78 is 11.5. The van der Waals surface area contributed by atoms with Gasteiger partial charge in [-0.3, -0.25) is 9.00 Å². The summed E-state index contributed by atoms with van der Waals surface area (Å²) in [6, 6.07) is 0.0936. The molecule has 3 N–H and O–H groups in total. The second kappa shape index (κ2) is 8.70. The van der Waals surface area contributed by atoms with Gasteiger partial charge in [0.05, 0.1) is 0 Å². The Labute approximate surface area is 101 Å². The first-order chi connectivity index (χ1) is 7.49. The van der Waals surface area contributed by atoms with Crippen molar-refractivity contribution in [3.05, 3.63) is 0 Å². The highest BCUT2D eigenvalue weighted by atomic mass is 32.2. The molecule has 0 aliphatic heterocycles. The van der Waals surface area contributed by atoms with Crippen molar-refractivity contribution in [1.29, 1.82) is 0 Å². The molecule has 0 heterocycles. The van der Waals surface area contributed by atoms with Crippen LogP contribution in [0.25, 0.3) is 0 Å². The molecular weight excluding hydrogens is 224 g/mol. The molecule has 0 aromatic rings. The Balaban J connectivity index is 3.82. The molecule has 1 amide bonds. The van der Waals surface area contributed by atoms with Crippen LogP contribution in [0.3, 0.4) is 0 Å². The van der Waals surface area contributed by atoms with Crippen LogP contribution in [0.15, 0.2) is 0 Å². The van der Waals surface area contributed by atoms with Crippen LogP contribution in [0.2, 0.25) is 0 Å². The van der Waals surface area contributed by atoms with Gasteiger partial charge >= 0.3 is 0 Å². The van der Waals surface area contributed by atoms with Crippen molar-refractivity contribution >= 4 is 16.7 Å². The molecule has 4 nitrogen and oxygen atoms in total. The first-order valence-corrected chi connectivity index (χ1v) is 7.38. The van der Waals surface area contributed by atoms with Gasteiger partial charge in [0.15, 0.2) is 0 Å². The van der Waals surface area contributed by atoms with E-state index in [2.05, 4.69) is 12.2 Å². The van der Waals surface area contributed by atoms with Gasteiger partial charge in [0.2, 0.25) is 5.91 Å². The van der Waals surface area contributed by atoms with Gasteiger partial charge in [-0.2, -0.15) is 0 Å². The van der Waals surface area contributed by atoms with Crippen molar-refractivity contribution in [2.75, 3.05) is 11.5 Å². The van der Waals surface area contributed by atoms with E-state index in [1.54, 1.807) is 0 Å². The normalized spacial score (nSPS) is 16.5. The Morgan fingerprint density at radius 3 is 2.56 bits per heavy atom. The summed E-state index contributed by atoms with van der Waals surface area (Å²) >= 11 is 0. The van der Waals surface area contributed by atoms with Crippen LogP contribution in [-0.2, 0) is 15.6 Å². The molecule has 3 unspecified atom stereocenters. The summed E-state index contributed by atoms with van der Waals surface area (Å²) in [5, 5.41) is 2.83. The predicted octanol–water partition coefficient (Wildman–Crippen LogP) is 0.777. The molecule has 0 radical (unpaired) electrons. The fourth-order valence-electron chi connectivity index (χ4n) is 1.38. The van der Waals surface area contributed by atoms with E-state index in [-0.39, 0.29) is 23.7 Å². The quantitative estimate of drug-likeness (QED) is 0.666. The largest absolute Gasteiger partial charge is 0.353 e. The average molecular weight is 248 g/mol. The Kier molecular flexibility index (Phi) is 8.47. The predicted molar refractivity (Wildman–Crippen MR) is 68.7 cm³/mol. The van der Waals surface area contributed by atoms with Crippen LogP contribution < -0.4 is 11.1 Å². The van der Waals surface area contributed by atoms with Gasteiger partial charge in [-0.25, -0.2) is 0 Å². The number of rotatable bonds is 8. The highest BCUT2D eigenvalue weighted by molar-refractivity contribution is 7.85. The van der Waals surface area contributed by atoms with Crippen molar-refractivity contribution in [3.63, 3.8) is 0 Å². The molecule has 0 aromatic heterocycles. The molecule has 96 valence electrons. The maximum atomic E-state index is 11.5. The zero-order chi connectivity index (χ0) is 12.6. The highest BCUT2D eigenvalue weighted by Gasteiger charge is 2.12. The zero-order valence-electron chi connectivity index (χ0n) is 10.5. The summed E-state index contributed by atoms with van der Waals surface area (Å²) in [6.45, 7) is 5.98. The van der Waals surface area contributed by atoms with Crippen LogP contribution in [-0.4, -0.2) is 33.7 Å². The van der Waals surface area contributed by atoms with E-state index in [1.807, 2.05) is 13.8 Å². The molecule has 16 heavy (non-hydrogen) atoms. The Bertz CT molecular complexity index is 234. The number of nitrogens with two attached hydrogens (primary N) is 1. The molecule has 0 aliphatic rings. The second-order valence-corrected chi connectivity index (χ2v) is 5.68. The summed E-state index contributed by atoms with van der Waals surface area (Å²) in [5.74, 6) is 0.343. The van der Waals surface area contributed by atoms with Crippen molar-refractivity contribution in [2.24, 2.45) is 5.73 Å². The van der Waals surface area contributed by atoms with E-state index < -0.39 is 10.8 Å². The minimum absolute atomic E-state index is 0.0679. The molecule has 0 aliphatic carbocycles. The standard InChI is InChI=1S/C11H24N2O2S/c1-4-6-9(3)13-11(14)8-16(15)7-10(12)5-2/h9-10H,4-8,12H2,1-3H3,(H,13,14).